The van der Waals surface area contributed by atoms with Gasteiger partial charge in [-0.25, -0.2) is 0 Å². The van der Waals surface area contributed by atoms with Crippen LogP contribution in [0.15, 0.2) is 24.5 Å². The van der Waals surface area contributed by atoms with Crippen LogP contribution in [-0.4, -0.2) is 18.1 Å². The van der Waals surface area contributed by atoms with Gasteiger partial charge in [-0.15, -0.1) is 0 Å². The van der Waals surface area contributed by atoms with E-state index in [1.54, 1.807) is 0 Å². The Hall–Kier alpha value is -1.38. The van der Waals surface area contributed by atoms with E-state index < -0.39 is 0 Å². The topological polar surface area (TPSA) is 39.2 Å². The molecule has 106 valence electrons. The van der Waals surface area contributed by atoms with Crippen LogP contribution < -0.4 is 0 Å². The van der Waals surface area contributed by atoms with Gasteiger partial charge in [0.15, 0.2) is 0 Å². The third-order valence-corrected chi connectivity index (χ3v) is 3.30. The van der Waals surface area contributed by atoms with Gasteiger partial charge in [0.05, 0.1) is 7.11 Å². The molecule has 0 bridgehead atoms. The highest BCUT2D eigenvalue weighted by atomic mass is 16.5. The molecule has 0 saturated carbocycles. The summed E-state index contributed by atoms with van der Waals surface area (Å²) in [6, 6.07) is 4.14. The Kier molecular flexibility index (Phi) is 8.69. The van der Waals surface area contributed by atoms with Gasteiger partial charge in [0, 0.05) is 18.8 Å². The van der Waals surface area contributed by atoms with Crippen molar-refractivity contribution in [2.75, 3.05) is 7.11 Å². The number of carbonyl (C=O) groups is 1. The van der Waals surface area contributed by atoms with Gasteiger partial charge in [-0.05, 0) is 30.9 Å². The molecule has 1 aromatic heterocycles. The number of unbranched alkanes of at least 4 members (excludes halogenated alkanes) is 6. The van der Waals surface area contributed by atoms with E-state index in [1.165, 1.54) is 44.8 Å². The number of hydrogen-bond acceptors (Lipinski definition) is 3. The molecule has 0 amide bonds. The lowest BCUT2D eigenvalue weighted by Gasteiger charge is -2.02. The predicted octanol–water partition coefficient (Wildman–Crippen LogP) is 3.92. The maximum absolute atomic E-state index is 10.9. The molecule has 0 saturated heterocycles. The van der Waals surface area contributed by atoms with Gasteiger partial charge in [0.25, 0.3) is 0 Å². The fourth-order valence-corrected chi connectivity index (χ4v) is 2.13. The first-order chi connectivity index (χ1) is 9.33. The highest BCUT2D eigenvalue weighted by molar-refractivity contribution is 5.68. The molecule has 0 unspecified atom stereocenters. The van der Waals surface area contributed by atoms with Crippen LogP contribution in [0.25, 0.3) is 0 Å². The van der Waals surface area contributed by atoms with Crippen LogP contribution in [0.3, 0.4) is 0 Å². The summed E-state index contributed by atoms with van der Waals surface area (Å²) in [5.74, 6) is -0.0866. The van der Waals surface area contributed by atoms with Crippen LogP contribution in [0.2, 0.25) is 0 Å². The summed E-state index contributed by atoms with van der Waals surface area (Å²) in [6.45, 7) is 0. The predicted molar refractivity (Wildman–Crippen MR) is 76.9 cm³/mol. The third kappa shape index (κ3) is 8.36. The van der Waals surface area contributed by atoms with Crippen molar-refractivity contribution < 1.29 is 9.53 Å². The Balaban J connectivity index is 1.85. The van der Waals surface area contributed by atoms with Crippen molar-refractivity contribution in [3.8, 4) is 0 Å². The second-order valence-corrected chi connectivity index (χ2v) is 4.91. The Morgan fingerprint density at radius 1 is 1.11 bits per heavy atom. The number of aryl methyl sites for hydroxylation is 1. The molecule has 0 radical (unpaired) electrons. The molecule has 0 aliphatic carbocycles. The largest absolute Gasteiger partial charge is 0.469 e. The Labute approximate surface area is 116 Å². The molecule has 3 nitrogen and oxygen atoms in total. The molecule has 0 atom stereocenters. The number of methoxy groups -OCH3 is 1. The lowest BCUT2D eigenvalue weighted by molar-refractivity contribution is -0.140. The first-order valence-corrected chi connectivity index (χ1v) is 7.28. The minimum absolute atomic E-state index is 0.0866. The Bertz CT molecular complexity index is 338. The van der Waals surface area contributed by atoms with Crippen molar-refractivity contribution >= 4 is 5.97 Å². The number of hydrogen-bond donors (Lipinski definition) is 0. The molecule has 0 aromatic carbocycles. The zero-order valence-corrected chi connectivity index (χ0v) is 11.9. The maximum atomic E-state index is 10.9. The molecular formula is C16H25NO2. The summed E-state index contributed by atoms with van der Waals surface area (Å²) in [4.78, 5) is 15.0. The lowest BCUT2D eigenvalue weighted by atomic mass is 10.1. The highest BCUT2D eigenvalue weighted by Gasteiger charge is 1.99. The standard InChI is InChI=1S/C16H25NO2/c1-19-16(18)12-8-6-4-2-3-5-7-10-15-11-9-13-17-14-15/h9,11,13-14H,2-8,10,12H2,1H3. The smallest absolute Gasteiger partial charge is 0.305 e. The summed E-state index contributed by atoms with van der Waals surface area (Å²) >= 11 is 0. The number of nitrogens with zero attached hydrogens (tertiary/aromatic N) is 1. The fourth-order valence-electron chi connectivity index (χ4n) is 2.13. The number of pyridine rings is 1. The summed E-state index contributed by atoms with van der Waals surface area (Å²) in [7, 11) is 1.45. The quantitative estimate of drug-likeness (QED) is 0.474. The van der Waals surface area contributed by atoms with Gasteiger partial charge in [0.2, 0.25) is 0 Å². The normalized spacial score (nSPS) is 10.4. The van der Waals surface area contributed by atoms with Crippen molar-refractivity contribution in [1.29, 1.82) is 0 Å². The van der Waals surface area contributed by atoms with Crippen molar-refractivity contribution in [3.05, 3.63) is 30.1 Å². The molecule has 1 heterocycles. The minimum atomic E-state index is -0.0866. The Morgan fingerprint density at radius 3 is 2.42 bits per heavy atom. The van der Waals surface area contributed by atoms with Crippen LogP contribution in [0.4, 0.5) is 0 Å². The zero-order chi connectivity index (χ0) is 13.8. The first kappa shape index (κ1) is 15.7. The van der Waals surface area contributed by atoms with E-state index in [0.29, 0.717) is 6.42 Å². The number of esters is 1. The van der Waals surface area contributed by atoms with Crippen LogP contribution in [0, 0.1) is 0 Å². The summed E-state index contributed by atoms with van der Waals surface area (Å²) in [6.07, 6.45) is 13.9. The summed E-state index contributed by atoms with van der Waals surface area (Å²) in [5.41, 5.74) is 1.33. The van der Waals surface area contributed by atoms with Crippen LogP contribution in [-0.2, 0) is 16.0 Å². The second-order valence-electron chi connectivity index (χ2n) is 4.91. The van der Waals surface area contributed by atoms with Gasteiger partial charge in [-0.2, -0.15) is 0 Å². The third-order valence-electron chi connectivity index (χ3n) is 3.30. The van der Waals surface area contributed by atoms with E-state index in [1.807, 2.05) is 18.5 Å². The van der Waals surface area contributed by atoms with Gasteiger partial charge in [0.1, 0.15) is 0 Å². The highest BCUT2D eigenvalue weighted by Crippen LogP contribution is 2.11. The summed E-state index contributed by atoms with van der Waals surface area (Å²) in [5, 5.41) is 0. The second kappa shape index (κ2) is 10.5. The van der Waals surface area contributed by atoms with Crippen molar-refractivity contribution in [2.45, 2.75) is 57.8 Å². The molecular weight excluding hydrogens is 238 g/mol. The van der Waals surface area contributed by atoms with Gasteiger partial charge < -0.3 is 4.74 Å². The van der Waals surface area contributed by atoms with Gasteiger partial charge in [-0.3, -0.25) is 9.78 Å². The van der Waals surface area contributed by atoms with Crippen LogP contribution in [0.5, 0.6) is 0 Å². The number of carbonyl (C=O) groups excluding carboxylic acids is 1. The maximum Gasteiger partial charge on any atom is 0.305 e. The number of aromatic nitrogens is 1. The van der Waals surface area contributed by atoms with Crippen molar-refractivity contribution in [1.82, 2.24) is 4.98 Å². The number of rotatable bonds is 10. The number of ether oxygens (including phenoxy) is 1. The van der Waals surface area contributed by atoms with Crippen LogP contribution in [0.1, 0.15) is 56.9 Å². The lowest BCUT2D eigenvalue weighted by Crippen LogP contribution is -1.99. The van der Waals surface area contributed by atoms with Crippen LogP contribution >= 0.6 is 0 Å². The average Bonchev–Trinajstić information content (AvgIpc) is 2.46. The molecule has 1 aromatic rings. The van der Waals surface area contributed by atoms with E-state index in [9.17, 15) is 4.79 Å². The fraction of sp³-hybridized carbons (Fsp3) is 0.625. The average molecular weight is 263 g/mol. The first-order valence-electron chi connectivity index (χ1n) is 7.28. The van der Waals surface area contributed by atoms with E-state index in [0.717, 1.165) is 19.3 Å². The molecule has 3 heteroatoms. The molecule has 0 fully saturated rings. The minimum Gasteiger partial charge on any atom is -0.469 e. The molecule has 1 rings (SSSR count). The molecule has 0 spiro atoms. The van der Waals surface area contributed by atoms with E-state index in [4.69, 9.17) is 0 Å². The van der Waals surface area contributed by atoms with Crippen molar-refractivity contribution in [3.63, 3.8) is 0 Å². The van der Waals surface area contributed by atoms with Crippen molar-refractivity contribution in [2.24, 2.45) is 0 Å². The zero-order valence-electron chi connectivity index (χ0n) is 11.9. The molecule has 0 aliphatic heterocycles. The van der Waals surface area contributed by atoms with E-state index in [2.05, 4.69) is 15.8 Å². The molecule has 19 heavy (non-hydrogen) atoms. The summed E-state index contributed by atoms with van der Waals surface area (Å²) < 4.78 is 4.61. The van der Waals surface area contributed by atoms with E-state index in [-0.39, 0.29) is 5.97 Å². The van der Waals surface area contributed by atoms with E-state index >= 15 is 0 Å². The Morgan fingerprint density at radius 2 is 1.79 bits per heavy atom. The van der Waals surface area contributed by atoms with Gasteiger partial charge >= 0.3 is 5.97 Å². The van der Waals surface area contributed by atoms with Gasteiger partial charge in [-0.1, -0.05) is 38.2 Å². The molecule has 0 aliphatic rings. The molecule has 0 N–H and O–H groups in total. The monoisotopic (exact) mass is 263 g/mol. The SMILES string of the molecule is COC(=O)CCCCCCCCCc1cccnc1.